The van der Waals surface area contributed by atoms with Gasteiger partial charge in [0.05, 0.1) is 43.5 Å². The first-order valence-electron chi connectivity index (χ1n) is 18.0. The number of esters is 1. The van der Waals surface area contributed by atoms with Crippen LogP contribution in [0.15, 0.2) is 76.3 Å². The molecule has 0 amide bonds. The van der Waals surface area contributed by atoms with Crippen molar-refractivity contribution in [3.63, 3.8) is 0 Å². The molecule has 9 nitrogen and oxygen atoms in total. The van der Waals surface area contributed by atoms with E-state index in [0.717, 1.165) is 32.9 Å². The number of para-hydroxylation sites is 1. The molecule has 1 heterocycles. The molecule has 55 heavy (non-hydrogen) atoms. The number of ether oxygens (including phenoxy) is 2. The van der Waals surface area contributed by atoms with Crippen LogP contribution in [0.1, 0.15) is 103 Å². The van der Waals surface area contributed by atoms with Gasteiger partial charge in [-0.2, -0.15) is 18.2 Å². The van der Waals surface area contributed by atoms with Crippen LogP contribution in [0.25, 0.3) is 11.1 Å². The number of benzene rings is 3. The Morgan fingerprint density at radius 3 is 2.09 bits per heavy atom. The molecule has 0 aliphatic heterocycles. The summed E-state index contributed by atoms with van der Waals surface area (Å²) < 4.78 is 70.2. The molecule has 0 bridgehead atoms. The third-order valence-corrected chi connectivity index (χ3v) is 8.34. The molecule has 0 N–H and O–H groups in total. The van der Waals surface area contributed by atoms with Gasteiger partial charge in [0.1, 0.15) is 11.6 Å². The van der Waals surface area contributed by atoms with Gasteiger partial charge < -0.3 is 14.3 Å². The van der Waals surface area contributed by atoms with E-state index in [2.05, 4.69) is 0 Å². The Hall–Kier alpha value is -4.75. The highest BCUT2D eigenvalue weighted by Crippen LogP contribution is 2.34. The summed E-state index contributed by atoms with van der Waals surface area (Å²) in [5, 5.41) is 1.38. The summed E-state index contributed by atoms with van der Waals surface area (Å²) in [6.07, 6.45) is -5.27. The fraction of sp³-hybridized carbons (Fsp3) is 0.452. The molecule has 4 aromatic rings. The van der Waals surface area contributed by atoms with E-state index in [4.69, 9.17) is 14.3 Å². The van der Waals surface area contributed by atoms with Crippen molar-refractivity contribution in [2.24, 2.45) is 0 Å². The van der Waals surface area contributed by atoms with Crippen LogP contribution >= 0.6 is 0 Å². The van der Waals surface area contributed by atoms with Crippen LogP contribution in [0.3, 0.4) is 0 Å². The third-order valence-electron chi connectivity index (χ3n) is 8.34. The lowest BCUT2D eigenvalue weighted by Crippen LogP contribution is -2.45. The Labute approximate surface area is 322 Å². The summed E-state index contributed by atoms with van der Waals surface area (Å²) in [6, 6.07) is 15.4. The number of likely N-dealkylation sites (N-methyl/N-ethyl adjacent to an activating group) is 1. The van der Waals surface area contributed by atoms with Gasteiger partial charge in [0, 0.05) is 23.9 Å². The van der Waals surface area contributed by atoms with E-state index in [1.54, 1.807) is 63.4 Å². The van der Waals surface area contributed by atoms with Gasteiger partial charge in [-0.25, -0.2) is 14.0 Å². The molecule has 0 radical (unpaired) electrons. The van der Waals surface area contributed by atoms with Gasteiger partial charge >= 0.3 is 17.8 Å². The summed E-state index contributed by atoms with van der Waals surface area (Å²) in [5.74, 6) is -1.44. The average Bonchev–Trinajstić information content (AvgIpc) is 3.14. The summed E-state index contributed by atoms with van der Waals surface area (Å²) in [4.78, 5) is 46.5. The van der Waals surface area contributed by atoms with E-state index in [0.29, 0.717) is 11.1 Å². The van der Waals surface area contributed by atoms with E-state index in [1.165, 1.54) is 19.1 Å². The van der Waals surface area contributed by atoms with Gasteiger partial charge in [0.25, 0.3) is 5.56 Å². The zero-order chi connectivity index (χ0) is 40.9. The smallest absolute Gasteiger partial charge is 0.416 e. The molecule has 3 aromatic carbocycles. The van der Waals surface area contributed by atoms with Crippen molar-refractivity contribution in [2.75, 3.05) is 20.8 Å². The Kier molecular flexibility index (Phi) is 19.3. The van der Waals surface area contributed by atoms with Gasteiger partial charge in [-0.15, -0.1) is 0 Å². The number of hydrogen-bond donors (Lipinski definition) is 0. The second kappa shape index (κ2) is 22.0. The number of carbonyl (C=O) groups excluding carboxylic acids is 1. The monoisotopic (exact) mass is 775 g/mol. The van der Waals surface area contributed by atoms with Crippen molar-refractivity contribution >= 4 is 5.97 Å². The van der Waals surface area contributed by atoms with Crippen molar-refractivity contribution in [3.8, 4) is 16.9 Å². The molecule has 1 aromatic heterocycles. The number of nitrogens with zero attached hydrogens (tertiary/aromatic N) is 3. The molecule has 4 rings (SSSR count). The van der Waals surface area contributed by atoms with Crippen LogP contribution in [0.5, 0.6) is 5.75 Å². The minimum atomic E-state index is -4.91. The predicted octanol–water partition coefficient (Wildman–Crippen LogP) is 9.57. The number of carbonyl (C=O) groups is 1. The van der Waals surface area contributed by atoms with E-state index < -0.39 is 59.5 Å². The first-order valence-corrected chi connectivity index (χ1v) is 18.0. The van der Waals surface area contributed by atoms with Crippen molar-refractivity contribution in [1.29, 1.82) is 0 Å². The van der Waals surface area contributed by atoms with Crippen molar-refractivity contribution < 1.29 is 36.7 Å². The van der Waals surface area contributed by atoms with E-state index >= 15 is 4.39 Å². The molecule has 0 aliphatic rings. The van der Waals surface area contributed by atoms with Gasteiger partial charge in [-0.3, -0.25) is 13.9 Å². The highest BCUT2D eigenvalue weighted by atomic mass is 19.4. The molecule has 1 unspecified atom stereocenters. The van der Waals surface area contributed by atoms with Crippen molar-refractivity contribution in [2.45, 2.75) is 107 Å². The number of halogens is 4. The fourth-order valence-corrected chi connectivity index (χ4v) is 5.71. The van der Waals surface area contributed by atoms with Crippen LogP contribution in [0.2, 0.25) is 0 Å². The molecule has 1 atom stereocenters. The molecule has 0 saturated carbocycles. The quantitative estimate of drug-likeness (QED) is 0.0759. The number of alkyl halides is 3. The largest absolute Gasteiger partial charge is 0.482 e. The van der Waals surface area contributed by atoms with Crippen LogP contribution in [-0.2, 0) is 33.6 Å². The van der Waals surface area contributed by atoms with E-state index in [9.17, 15) is 27.6 Å². The first kappa shape index (κ1) is 48.3. The highest BCUT2D eigenvalue weighted by molar-refractivity contribution is 5.71. The third kappa shape index (κ3) is 12.1. The molecule has 0 saturated heterocycles. The number of aromatic nitrogens is 2. The van der Waals surface area contributed by atoms with Gasteiger partial charge in [0.2, 0.25) is 0 Å². The molecule has 304 valence electrons. The van der Waals surface area contributed by atoms with E-state index in [-0.39, 0.29) is 43.0 Å². The standard InChI is InChI=1S/C37H41F4N3O6.2C2H6.CH4/c1-22(2)25-12-10-13-26(18-25)34-24(5)43(19-28-29(37(39,40)41)15-11-16-30(28)38)36(47)44(35(34)46)20-31(42(6)48-7)27-14-8-9-17-32(27)49-21-33(45)50-23(3)4;2*1-2;/h8-18,22-23,31H,19-21H2,1-7H3;2*1-2H3;1H4. The maximum Gasteiger partial charge on any atom is 0.416 e. The Morgan fingerprint density at radius 2 is 1.51 bits per heavy atom. The summed E-state index contributed by atoms with van der Waals surface area (Å²) in [7, 11) is 2.95. The first-order chi connectivity index (χ1) is 25.5. The number of hydrogen-bond acceptors (Lipinski definition) is 7. The zero-order valence-corrected chi connectivity index (χ0v) is 33.0. The Bertz CT molecular complexity index is 1950. The Morgan fingerprint density at radius 1 is 0.891 bits per heavy atom. The van der Waals surface area contributed by atoms with Gasteiger partial charge in [0.15, 0.2) is 6.61 Å². The lowest BCUT2D eigenvalue weighted by atomic mass is 9.97. The molecule has 13 heteroatoms. The van der Waals surface area contributed by atoms with Gasteiger partial charge in [-0.1, -0.05) is 97.5 Å². The fourth-order valence-electron chi connectivity index (χ4n) is 5.71. The van der Waals surface area contributed by atoms with Crippen LogP contribution in [0, 0.1) is 12.7 Å². The zero-order valence-electron chi connectivity index (χ0n) is 33.0. The highest BCUT2D eigenvalue weighted by Gasteiger charge is 2.35. The maximum atomic E-state index is 15.1. The van der Waals surface area contributed by atoms with Crippen molar-refractivity contribution in [1.82, 2.24) is 14.2 Å². The van der Waals surface area contributed by atoms with E-state index in [1.807, 2.05) is 47.6 Å². The predicted molar refractivity (Wildman–Crippen MR) is 210 cm³/mol. The Balaban J connectivity index is 0.00000293. The average molecular weight is 776 g/mol. The molecule has 0 fully saturated rings. The van der Waals surface area contributed by atoms with Gasteiger partial charge in [-0.05, 0) is 56.0 Å². The molecule has 0 spiro atoms. The molecular formula is C42H57F4N3O6. The van der Waals surface area contributed by atoms with Crippen LogP contribution < -0.4 is 16.0 Å². The summed E-state index contributed by atoms with van der Waals surface area (Å²) in [5.41, 5.74) is -1.74. The SMILES string of the molecule is C.CC.CC.CON(C)C(Cn1c(=O)c(-c2cccc(C(C)C)c2)c(C)n(Cc2c(F)cccc2C(F)(F)F)c1=O)c1ccccc1OCC(=O)OC(C)C. The lowest BCUT2D eigenvalue weighted by molar-refractivity contribution is -0.150. The second-order valence-corrected chi connectivity index (χ2v) is 12.4. The second-order valence-electron chi connectivity index (χ2n) is 12.4. The topological polar surface area (TPSA) is 92.0 Å². The molecule has 0 aliphatic carbocycles. The normalized spacial score (nSPS) is 11.6. The summed E-state index contributed by atoms with van der Waals surface area (Å²) >= 11 is 0. The minimum Gasteiger partial charge on any atom is -0.482 e. The van der Waals surface area contributed by atoms with Crippen LogP contribution in [-0.4, -0.2) is 47.0 Å². The maximum absolute atomic E-state index is 15.1. The number of rotatable bonds is 13. The van der Waals surface area contributed by atoms with Crippen molar-refractivity contribution in [3.05, 3.63) is 121 Å². The lowest BCUT2D eigenvalue weighted by Gasteiger charge is -2.29. The molecular weight excluding hydrogens is 718 g/mol. The van der Waals surface area contributed by atoms with Crippen LogP contribution in [0.4, 0.5) is 17.6 Å². The summed E-state index contributed by atoms with van der Waals surface area (Å²) in [6.45, 7) is 15.2. The minimum absolute atomic E-state index is 0. The number of hydroxylamine groups is 2.